The number of rotatable bonds is 7. The molecule has 26 heavy (non-hydrogen) atoms. The first-order valence-electron chi connectivity index (χ1n) is 9.03. The monoisotopic (exact) mass is 351 g/mol. The van der Waals surface area contributed by atoms with Crippen molar-refractivity contribution in [2.45, 2.75) is 32.7 Å². The average molecular weight is 351 g/mol. The second kappa shape index (κ2) is 8.10. The summed E-state index contributed by atoms with van der Waals surface area (Å²) in [5.41, 5.74) is 8.60. The number of pyridine rings is 1. The minimum absolute atomic E-state index is 0.102. The van der Waals surface area contributed by atoms with Gasteiger partial charge in [0, 0.05) is 18.2 Å². The maximum Gasteiger partial charge on any atom is 0.252 e. The third-order valence-electron chi connectivity index (χ3n) is 4.29. The second-order valence-corrected chi connectivity index (χ2v) is 6.59. The first-order chi connectivity index (χ1) is 12.6. The zero-order valence-corrected chi connectivity index (χ0v) is 15.3. The fraction of sp³-hybridized carbons (Fsp3) is 0.350. The molecular formula is C20H25N5O. The summed E-state index contributed by atoms with van der Waals surface area (Å²) in [7, 11) is 0. The van der Waals surface area contributed by atoms with Crippen molar-refractivity contribution >= 4 is 16.9 Å². The van der Waals surface area contributed by atoms with Crippen LogP contribution in [-0.2, 0) is 0 Å². The topological polar surface area (TPSA) is 85.8 Å². The molecule has 0 bridgehead atoms. The Hall–Kier alpha value is -2.73. The third kappa shape index (κ3) is 3.75. The van der Waals surface area contributed by atoms with Gasteiger partial charge in [0.15, 0.2) is 5.65 Å². The zero-order chi connectivity index (χ0) is 18.5. The number of hydrogen-bond acceptors (Lipinski definition) is 4. The van der Waals surface area contributed by atoms with E-state index in [9.17, 15) is 4.79 Å². The largest absolute Gasteiger partial charge is 0.352 e. The van der Waals surface area contributed by atoms with Crippen molar-refractivity contribution in [1.29, 1.82) is 0 Å². The van der Waals surface area contributed by atoms with Crippen LogP contribution >= 0.6 is 0 Å². The lowest BCUT2D eigenvalue weighted by Gasteiger charge is -2.11. The lowest BCUT2D eigenvalue weighted by Crippen LogP contribution is -2.25. The minimum Gasteiger partial charge on any atom is -0.352 e. The highest BCUT2D eigenvalue weighted by Gasteiger charge is 2.18. The SMILES string of the molecule is CC(C)n1ncc2c(C(=O)NCCCCN)cc(-c3ccccc3)nc21. The predicted octanol–water partition coefficient (Wildman–Crippen LogP) is 3.15. The van der Waals surface area contributed by atoms with E-state index in [1.807, 2.05) is 41.1 Å². The van der Waals surface area contributed by atoms with Gasteiger partial charge in [0.05, 0.1) is 22.8 Å². The molecule has 6 heteroatoms. The molecule has 136 valence electrons. The van der Waals surface area contributed by atoms with Crippen LogP contribution in [0.25, 0.3) is 22.3 Å². The molecule has 0 aliphatic carbocycles. The van der Waals surface area contributed by atoms with Gasteiger partial charge in [-0.05, 0) is 39.3 Å². The van der Waals surface area contributed by atoms with Crippen LogP contribution in [0.5, 0.6) is 0 Å². The molecule has 3 N–H and O–H groups in total. The highest BCUT2D eigenvalue weighted by atomic mass is 16.1. The molecule has 3 aromatic rings. The summed E-state index contributed by atoms with van der Waals surface area (Å²) in [6.07, 6.45) is 3.49. The first-order valence-corrected chi connectivity index (χ1v) is 9.03. The fourth-order valence-corrected chi connectivity index (χ4v) is 2.91. The van der Waals surface area contributed by atoms with Crippen LogP contribution in [0.4, 0.5) is 0 Å². The van der Waals surface area contributed by atoms with E-state index in [-0.39, 0.29) is 11.9 Å². The van der Waals surface area contributed by atoms with Crippen molar-refractivity contribution in [3.63, 3.8) is 0 Å². The Kier molecular flexibility index (Phi) is 5.63. The van der Waals surface area contributed by atoms with Crippen molar-refractivity contribution < 1.29 is 4.79 Å². The summed E-state index contributed by atoms with van der Waals surface area (Å²) in [5, 5.41) is 8.20. The van der Waals surface area contributed by atoms with E-state index in [0.29, 0.717) is 18.7 Å². The Morgan fingerprint density at radius 2 is 2.00 bits per heavy atom. The molecular weight excluding hydrogens is 326 g/mol. The normalized spacial score (nSPS) is 11.2. The molecule has 2 heterocycles. The van der Waals surface area contributed by atoms with Crippen LogP contribution in [0.1, 0.15) is 43.1 Å². The van der Waals surface area contributed by atoms with Crippen LogP contribution in [0.2, 0.25) is 0 Å². The number of amides is 1. The highest BCUT2D eigenvalue weighted by Crippen LogP contribution is 2.26. The first kappa shape index (κ1) is 18.1. The van der Waals surface area contributed by atoms with E-state index in [4.69, 9.17) is 10.7 Å². The number of aromatic nitrogens is 3. The summed E-state index contributed by atoms with van der Waals surface area (Å²) in [6, 6.07) is 11.9. The van der Waals surface area contributed by atoms with Crippen LogP contribution in [0.3, 0.4) is 0 Å². The van der Waals surface area contributed by atoms with Gasteiger partial charge >= 0.3 is 0 Å². The lowest BCUT2D eigenvalue weighted by atomic mass is 10.1. The molecule has 0 fully saturated rings. The molecule has 2 aromatic heterocycles. The summed E-state index contributed by atoms with van der Waals surface area (Å²) < 4.78 is 1.85. The maximum atomic E-state index is 12.8. The molecule has 0 saturated heterocycles. The van der Waals surface area contributed by atoms with Crippen molar-refractivity contribution in [2.24, 2.45) is 5.73 Å². The minimum atomic E-state index is -0.102. The molecule has 0 saturated carbocycles. The molecule has 0 unspecified atom stereocenters. The Bertz CT molecular complexity index is 886. The summed E-state index contributed by atoms with van der Waals surface area (Å²) >= 11 is 0. The van der Waals surface area contributed by atoms with Gasteiger partial charge in [-0.25, -0.2) is 9.67 Å². The number of fused-ring (bicyclic) bond motifs is 1. The molecule has 1 aromatic carbocycles. The van der Waals surface area contributed by atoms with E-state index in [2.05, 4.69) is 24.3 Å². The Labute approximate surface area is 153 Å². The van der Waals surface area contributed by atoms with Gasteiger partial charge in [-0.1, -0.05) is 30.3 Å². The Morgan fingerprint density at radius 1 is 1.23 bits per heavy atom. The smallest absolute Gasteiger partial charge is 0.252 e. The predicted molar refractivity (Wildman–Crippen MR) is 104 cm³/mol. The lowest BCUT2D eigenvalue weighted by molar-refractivity contribution is 0.0954. The van der Waals surface area contributed by atoms with Crippen molar-refractivity contribution in [1.82, 2.24) is 20.1 Å². The molecule has 0 aliphatic heterocycles. The number of nitrogens with one attached hydrogen (secondary N) is 1. The molecule has 0 aliphatic rings. The summed E-state index contributed by atoms with van der Waals surface area (Å²) in [4.78, 5) is 17.6. The van der Waals surface area contributed by atoms with E-state index >= 15 is 0 Å². The number of unbranched alkanes of at least 4 members (excludes halogenated alkanes) is 1. The van der Waals surface area contributed by atoms with Gasteiger partial charge in [0.1, 0.15) is 0 Å². The molecule has 0 spiro atoms. The Morgan fingerprint density at radius 3 is 2.69 bits per heavy atom. The summed E-state index contributed by atoms with van der Waals surface area (Å²) in [6.45, 7) is 5.35. The van der Waals surface area contributed by atoms with Gasteiger partial charge in [-0.3, -0.25) is 4.79 Å². The number of nitrogens with two attached hydrogens (primary N) is 1. The number of nitrogens with zero attached hydrogens (tertiary/aromatic N) is 3. The molecule has 1 amide bonds. The quantitative estimate of drug-likeness (QED) is 0.640. The number of carbonyl (C=O) groups is 1. The zero-order valence-electron chi connectivity index (χ0n) is 15.3. The molecule has 0 atom stereocenters. The second-order valence-electron chi connectivity index (χ2n) is 6.59. The summed E-state index contributed by atoms with van der Waals surface area (Å²) in [5.74, 6) is -0.102. The standard InChI is InChI=1S/C20H25N5O/c1-14(2)25-19-17(13-23-25)16(20(26)22-11-7-6-10-21)12-18(24-19)15-8-4-3-5-9-15/h3-5,8-9,12-14H,6-7,10-11,21H2,1-2H3,(H,22,26). The number of carbonyl (C=O) groups excluding carboxylic acids is 1. The highest BCUT2D eigenvalue weighted by molar-refractivity contribution is 6.06. The van der Waals surface area contributed by atoms with Gasteiger partial charge in [-0.15, -0.1) is 0 Å². The third-order valence-corrected chi connectivity index (χ3v) is 4.29. The molecule has 6 nitrogen and oxygen atoms in total. The fourth-order valence-electron chi connectivity index (χ4n) is 2.91. The van der Waals surface area contributed by atoms with E-state index in [1.165, 1.54) is 0 Å². The van der Waals surface area contributed by atoms with Crippen LogP contribution in [0, 0.1) is 0 Å². The van der Waals surface area contributed by atoms with Crippen molar-refractivity contribution in [2.75, 3.05) is 13.1 Å². The van der Waals surface area contributed by atoms with Crippen molar-refractivity contribution in [3.05, 3.63) is 48.2 Å². The Balaban J connectivity index is 2.04. The van der Waals surface area contributed by atoms with Crippen molar-refractivity contribution in [3.8, 4) is 11.3 Å². The maximum absolute atomic E-state index is 12.8. The van der Waals surface area contributed by atoms with Crippen LogP contribution in [0.15, 0.2) is 42.6 Å². The van der Waals surface area contributed by atoms with Crippen LogP contribution < -0.4 is 11.1 Å². The van der Waals surface area contributed by atoms with E-state index in [0.717, 1.165) is 35.1 Å². The number of hydrogen-bond donors (Lipinski definition) is 2. The van der Waals surface area contributed by atoms with Crippen LogP contribution in [-0.4, -0.2) is 33.8 Å². The van der Waals surface area contributed by atoms with Gasteiger partial charge in [0.2, 0.25) is 0 Å². The van der Waals surface area contributed by atoms with Gasteiger partial charge in [0.25, 0.3) is 5.91 Å². The van der Waals surface area contributed by atoms with Gasteiger partial charge < -0.3 is 11.1 Å². The van der Waals surface area contributed by atoms with Gasteiger partial charge in [-0.2, -0.15) is 5.10 Å². The molecule has 3 rings (SSSR count). The average Bonchev–Trinajstić information content (AvgIpc) is 3.09. The van der Waals surface area contributed by atoms with E-state index < -0.39 is 0 Å². The molecule has 0 radical (unpaired) electrons. The number of benzene rings is 1. The van der Waals surface area contributed by atoms with E-state index in [1.54, 1.807) is 6.20 Å².